The number of para-hydroxylation sites is 3. The molecule has 5 rings (SSSR count). The van der Waals surface area contributed by atoms with Crippen molar-refractivity contribution in [2.24, 2.45) is 5.10 Å². The number of benzene rings is 3. The predicted molar refractivity (Wildman–Crippen MR) is 151 cm³/mol. The number of hydrazone groups is 1. The summed E-state index contributed by atoms with van der Waals surface area (Å²) < 4.78 is 14.3. The number of methoxy groups -OCH3 is 2. The Morgan fingerprint density at radius 1 is 1.03 bits per heavy atom. The summed E-state index contributed by atoms with van der Waals surface area (Å²) in [5.74, 6) is 1.73. The second-order valence-electron chi connectivity index (χ2n) is 8.80. The largest absolute Gasteiger partial charge is 0.493 e. The van der Waals surface area contributed by atoms with Gasteiger partial charge in [-0.15, -0.1) is 0 Å². The third-order valence-corrected chi connectivity index (χ3v) is 6.64. The number of halogens is 1. The minimum absolute atomic E-state index is 0.0382. The van der Waals surface area contributed by atoms with Crippen molar-refractivity contribution in [2.75, 3.05) is 14.2 Å². The van der Waals surface area contributed by atoms with E-state index in [9.17, 15) is 4.79 Å². The van der Waals surface area contributed by atoms with Gasteiger partial charge in [0.1, 0.15) is 17.5 Å². The van der Waals surface area contributed by atoms with Crippen molar-refractivity contribution < 1.29 is 14.3 Å². The van der Waals surface area contributed by atoms with Gasteiger partial charge in [-0.05, 0) is 48.9 Å². The molecule has 0 aliphatic carbocycles. The third-order valence-electron chi connectivity index (χ3n) is 6.28. The number of carbonyl (C=O) groups is 1. The zero-order valence-corrected chi connectivity index (χ0v) is 22.5. The monoisotopic (exact) mass is 542 g/mol. The maximum Gasteiger partial charge on any atom is 0.260 e. The summed E-state index contributed by atoms with van der Waals surface area (Å²) in [7, 11) is 3.20. The molecule has 0 radical (unpaired) electrons. The number of aromatic nitrogens is 4. The fourth-order valence-electron chi connectivity index (χ4n) is 4.36. The molecular weight excluding hydrogens is 516 g/mol. The number of hydrogen-bond acceptors (Lipinski definition) is 6. The van der Waals surface area contributed by atoms with Gasteiger partial charge in [-0.1, -0.05) is 48.0 Å². The van der Waals surface area contributed by atoms with Crippen molar-refractivity contribution in [3.05, 3.63) is 101 Å². The molecule has 0 fully saturated rings. The van der Waals surface area contributed by atoms with Gasteiger partial charge in [-0.2, -0.15) is 10.2 Å². The number of imidazole rings is 1. The maximum atomic E-state index is 13.0. The Bertz CT molecular complexity index is 1660. The van der Waals surface area contributed by atoms with Crippen molar-refractivity contribution in [3.63, 3.8) is 0 Å². The van der Waals surface area contributed by atoms with Crippen molar-refractivity contribution in [1.29, 1.82) is 0 Å². The van der Waals surface area contributed by atoms with Gasteiger partial charge >= 0.3 is 0 Å². The molecule has 1 N–H and O–H groups in total. The average Bonchev–Trinajstić information content (AvgIpc) is 3.44. The fourth-order valence-corrected chi connectivity index (χ4v) is 4.68. The minimum atomic E-state index is -0.299. The first-order chi connectivity index (χ1) is 19.0. The Balaban J connectivity index is 1.35. The van der Waals surface area contributed by atoms with E-state index >= 15 is 0 Å². The second-order valence-corrected chi connectivity index (χ2v) is 9.16. The van der Waals surface area contributed by atoms with E-state index in [-0.39, 0.29) is 12.5 Å². The molecule has 5 aromatic rings. The standard InChI is InChI=1S/C29H27ClN6O3/c1-19-22(29(30)36(34-19)21-9-5-4-6-10-21)17-31-33-28(37)18-35-24-12-8-7-11-23(24)32-27(35)16-20-13-14-25(38-2)26(15-20)39-3/h4-15,17H,16,18H2,1-3H3,(H,33,37)/b31-17+. The van der Waals surface area contributed by atoms with Crippen LogP contribution >= 0.6 is 11.6 Å². The number of nitrogens with zero attached hydrogens (tertiary/aromatic N) is 5. The van der Waals surface area contributed by atoms with Crippen LogP contribution in [-0.4, -0.2) is 45.7 Å². The Morgan fingerprint density at radius 3 is 2.54 bits per heavy atom. The van der Waals surface area contributed by atoms with Gasteiger partial charge in [0.15, 0.2) is 11.5 Å². The summed E-state index contributed by atoms with van der Waals surface area (Å²) in [5, 5.41) is 9.07. The van der Waals surface area contributed by atoms with Crippen molar-refractivity contribution in [3.8, 4) is 17.2 Å². The van der Waals surface area contributed by atoms with Gasteiger partial charge in [-0.3, -0.25) is 4.79 Å². The third kappa shape index (κ3) is 5.49. The van der Waals surface area contributed by atoms with Gasteiger partial charge < -0.3 is 14.0 Å². The van der Waals surface area contributed by atoms with Crippen LogP contribution in [0.1, 0.15) is 22.6 Å². The molecule has 0 aliphatic rings. The lowest BCUT2D eigenvalue weighted by Crippen LogP contribution is -2.24. The molecule has 1 amide bonds. The first-order valence-electron chi connectivity index (χ1n) is 12.3. The normalized spacial score (nSPS) is 11.3. The number of fused-ring (bicyclic) bond motifs is 1. The number of aryl methyl sites for hydroxylation is 1. The summed E-state index contributed by atoms with van der Waals surface area (Å²) in [4.78, 5) is 17.8. The predicted octanol–water partition coefficient (Wildman–Crippen LogP) is 4.94. The quantitative estimate of drug-likeness (QED) is 0.210. The summed E-state index contributed by atoms with van der Waals surface area (Å²) in [6, 6.07) is 23.0. The SMILES string of the molecule is COc1ccc(Cc2nc3ccccc3n2CC(=O)N/N=C/c2c(C)nn(-c3ccccc3)c2Cl)cc1OC. The lowest BCUT2D eigenvalue weighted by Gasteiger charge is -2.11. The molecule has 0 spiro atoms. The van der Waals surface area contributed by atoms with Crippen LogP contribution in [0.2, 0.25) is 5.15 Å². The number of hydrogen-bond donors (Lipinski definition) is 1. The van der Waals surface area contributed by atoms with Crippen LogP contribution in [0.15, 0.2) is 77.9 Å². The molecule has 10 heteroatoms. The number of amides is 1. The second kappa shape index (κ2) is 11.4. The van der Waals surface area contributed by atoms with Gasteiger partial charge in [0.2, 0.25) is 0 Å². The number of rotatable bonds is 9. The highest BCUT2D eigenvalue weighted by Gasteiger charge is 2.16. The average molecular weight is 543 g/mol. The highest BCUT2D eigenvalue weighted by molar-refractivity contribution is 6.32. The zero-order chi connectivity index (χ0) is 27.4. The van der Waals surface area contributed by atoms with Crippen molar-refractivity contribution in [2.45, 2.75) is 19.9 Å². The molecule has 3 aromatic carbocycles. The van der Waals surface area contributed by atoms with E-state index in [1.807, 2.05) is 84.3 Å². The van der Waals surface area contributed by atoms with E-state index in [0.717, 1.165) is 28.1 Å². The Labute approximate surface area is 230 Å². The summed E-state index contributed by atoms with van der Waals surface area (Å²) in [6.45, 7) is 1.88. The van der Waals surface area contributed by atoms with E-state index < -0.39 is 0 Å². The van der Waals surface area contributed by atoms with Crippen LogP contribution in [0.5, 0.6) is 11.5 Å². The van der Waals surface area contributed by atoms with Crippen molar-refractivity contribution in [1.82, 2.24) is 24.8 Å². The first-order valence-corrected chi connectivity index (χ1v) is 12.6. The Hall–Kier alpha value is -4.63. The lowest BCUT2D eigenvalue weighted by atomic mass is 10.1. The fraction of sp³-hybridized carbons (Fsp3) is 0.172. The summed E-state index contributed by atoms with van der Waals surface area (Å²) in [5.41, 5.74) is 7.41. The van der Waals surface area contributed by atoms with E-state index in [1.54, 1.807) is 18.9 Å². The van der Waals surface area contributed by atoms with Gasteiger partial charge in [0.25, 0.3) is 5.91 Å². The van der Waals surface area contributed by atoms with E-state index in [1.165, 1.54) is 6.21 Å². The molecule has 39 heavy (non-hydrogen) atoms. The van der Waals surface area contributed by atoms with E-state index in [4.69, 9.17) is 26.1 Å². The molecule has 0 aliphatic heterocycles. The van der Waals surface area contributed by atoms with Crippen LogP contribution in [0.25, 0.3) is 16.7 Å². The van der Waals surface area contributed by atoms with Crippen LogP contribution in [0.4, 0.5) is 0 Å². The molecular formula is C29H27ClN6O3. The lowest BCUT2D eigenvalue weighted by molar-refractivity contribution is -0.121. The maximum absolute atomic E-state index is 13.0. The van der Waals surface area contributed by atoms with E-state index in [2.05, 4.69) is 15.6 Å². The number of ether oxygens (including phenoxy) is 2. The van der Waals surface area contributed by atoms with Gasteiger partial charge in [0.05, 0.1) is 48.4 Å². The minimum Gasteiger partial charge on any atom is -0.493 e. The topological polar surface area (TPSA) is 95.6 Å². The molecule has 0 unspecified atom stereocenters. The molecule has 9 nitrogen and oxygen atoms in total. The van der Waals surface area contributed by atoms with Crippen LogP contribution in [-0.2, 0) is 17.8 Å². The Kier molecular flexibility index (Phi) is 7.60. The first kappa shape index (κ1) is 26.0. The smallest absolute Gasteiger partial charge is 0.260 e. The van der Waals surface area contributed by atoms with Gasteiger partial charge in [0, 0.05) is 6.42 Å². The summed E-state index contributed by atoms with van der Waals surface area (Å²) in [6.07, 6.45) is 2.01. The number of nitrogens with one attached hydrogen (secondary N) is 1. The zero-order valence-electron chi connectivity index (χ0n) is 21.8. The van der Waals surface area contributed by atoms with E-state index in [0.29, 0.717) is 34.3 Å². The molecule has 2 heterocycles. The van der Waals surface area contributed by atoms with Gasteiger partial charge in [-0.25, -0.2) is 15.1 Å². The molecule has 198 valence electrons. The molecule has 0 atom stereocenters. The molecule has 2 aromatic heterocycles. The summed E-state index contributed by atoms with van der Waals surface area (Å²) >= 11 is 6.57. The molecule has 0 saturated carbocycles. The highest BCUT2D eigenvalue weighted by atomic mass is 35.5. The molecule has 0 saturated heterocycles. The Morgan fingerprint density at radius 2 is 1.77 bits per heavy atom. The van der Waals surface area contributed by atoms with Crippen LogP contribution < -0.4 is 14.9 Å². The number of carbonyl (C=O) groups excluding carboxylic acids is 1. The molecule has 0 bridgehead atoms. The van der Waals surface area contributed by atoms with Crippen LogP contribution in [0, 0.1) is 6.92 Å². The van der Waals surface area contributed by atoms with Crippen molar-refractivity contribution >= 4 is 34.8 Å². The highest BCUT2D eigenvalue weighted by Crippen LogP contribution is 2.29. The van der Waals surface area contributed by atoms with Crippen LogP contribution in [0.3, 0.4) is 0 Å².